The summed E-state index contributed by atoms with van der Waals surface area (Å²) in [5.74, 6) is 0. The molecule has 20 heavy (non-hydrogen) atoms. The summed E-state index contributed by atoms with van der Waals surface area (Å²) < 4.78 is 1.89. The van der Waals surface area contributed by atoms with Gasteiger partial charge in [-0.25, -0.2) is 4.79 Å². The van der Waals surface area contributed by atoms with Crippen molar-refractivity contribution in [1.82, 2.24) is 5.32 Å². The molecule has 0 saturated carbocycles. The lowest BCUT2D eigenvalue weighted by molar-refractivity contribution is 0.251. The number of carbonyl (C=O) groups is 1. The van der Waals surface area contributed by atoms with Gasteiger partial charge in [-0.3, -0.25) is 0 Å². The first kappa shape index (κ1) is 15.1. The molecular formula is C15H14Br2N2O. The molecule has 0 unspecified atom stereocenters. The molecule has 2 N–H and O–H groups in total. The van der Waals surface area contributed by atoms with Gasteiger partial charge in [0.05, 0.1) is 5.69 Å². The summed E-state index contributed by atoms with van der Waals surface area (Å²) in [7, 11) is 0. The van der Waals surface area contributed by atoms with Gasteiger partial charge in [-0.05, 0) is 58.2 Å². The van der Waals surface area contributed by atoms with E-state index in [1.165, 1.54) is 0 Å². The van der Waals surface area contributed by atoms with Crippen LogP contribution in [-0.4, -0.2) is 6.03 Å². The summed E-state index contributed by atoms with van der Waals surface area (Å²) in [5, 5.41) is 5.64. The van der Waals surface area contributed by atoms with Crippen LogP contribution in [0.2, 0.25) is 0 Å². The summed E-state index contributed by atoms with van der Waals surface area (Å²) in [4.78, 5) is 11.8. The molecule has 2 amide bonds. The highest BCUT2D eigenvalue weighted by molar-refractivity contribution is 9.10. The summed E-state index contributed by atoms with van der Waals surface area (Å²) in [6.07, 6.45) is 0. The highest BCUT2D eigenvalue weighted by Gasteiger charge is 2.05. The van der Waals surface area contributed by atoms with Crippen molar-refractivity contribution in [1.29, 1.82) is 0 Å². The van der Waals surface area contributed by atoms with E-state index < -0.39 is 0 Å². The highest BCUT2D eigenvalue weighted by atomic mass is 79.9. The van der Waals surface area contributed by atoms with E-state index in [1.54, 1.807) is 0 Å². The number of aryl methyl sites for hydroxylation is 1. The van der Waals surface area contributed by atoms with Gasteiger partial charge in [0.15, 0.2) is 0 Å². The van der Waals surface area contributed by atoms with Crippen LogP contribution in [0.5, 0.6) is 0 Å². The van der Waals surface area contributed by atoms with Crippen molar-refractivity contribution in [2.75, 3.05) is 5.32 Å². The summed E-state index contributed by atoms with van der Waals surface area (Å²) in [5.41, 5.74) is 2.94. The first-order chi connectivity index (χ1) is 9.54. The van der Waals surface area contributed by atoms with E-state index in [0.717, 1.165) is 25.8 Å². The van der Waals surface area contributed by atoms with Gasteiger partial charge in [-0.1, -0.05) is 34.1 Å². The van der Waals surface area contributed by atoms with Crippen LogP contribution in [0.25, 0.3) is 0 Å². The third-order valence-corrected chi connectivity index (χ3v) is 3.92. The number of amides is 2. The van der Waals surface area contributed by atoms with Crippen molar-refractivity contribution in [3.05, 3.63) is 62.5 Å². The minimum Gasteiger partial charge on any atom is -0.334 e. The molecule has 2 rings (SSSR count). The number of hydrogen-bond donors (Lipinski definition) is 2. The maximum Gasteiger partial charge on any atom is 0.319 e. The van der Waals surface area contributed by atoms with Gasteiger partial charge in [-0.2, -0.15) is 0 Å². The van der Waals surface area contributed by atoms with Gasteiger partial charge in [0.25, 0.3) is 0 Å². The molecule has 0 saturated heterocycles. The topological polar surface area (TPSA) is 41.1 Å². The van der Waals surface area contributed by atoms with Gasteiger partial charge >= 0.3 is 6.03 Å². The Bertz CT molecular complexity index is 612. The van der Waals surface area contributed by atoms with Crippen LogP contribution in [0.3, 0.4) is 0 Å². The van der Waals surface area contributed by atoms with E-state index in [1.807, 2.05) is 49.4 Å². The minimum absolute atomic E-state index is 0.225. The Morgan fingerprint density at radius 1 is 1.10 bits per heavy atom. The maximum absolute atomic E-state index is 11.8. The smallest absolute Gasteiger partial charge is 0.319 e. The molecule has 104 valence electrons. The molecule has 0 aliphatic heterocycles. The second kappa shape index (κ2) is 6.90. The lowest BCUT2D eigenvalue weighted by Crippen LogP contribution is -2.28. The Morgan fingerprint density at radius 3 is 2.45 bits per heavy atom. The molecule has 2 aromatic carbocycles. The van der Waals surface area contributed by atoms with E-state index in [2.05, 4.69) is 42.5 Å². The number of urea groups is 1. The van der Waals surface area contributed by atoms with E-state index in [-0.39, 0.29) is 6.03 Å². The average molecular weight is 398 g/mol. The fraction of sp³-hybridized carbons (Fsp3) is 0.133. The van der Waals surface area contributed by atoms with Crippen LogP contribution in [0, 0.1) is 6.92 Å². The highest BCUT2D eigenvalue weighted by Crippen LogP contribution is 2.23. The molecule has 0 bridgehead atoms. The van der Waals surface area contributed by atoms with E-state index >= 15 is 0 Å². The Labute approximate surface area is 135 Å². The molecule has 0 aromatic heterocycles. The zero-order chi connectivity index (χ0) is 14.5. The zero-order valence-electron chi connectivity index (χ0n) is 10.9. The van der Waals surface area contributed by atoms with E-state index in [4.69, 9.17) is 0 Å². The normalized spacial score (nSPS) is 10.2. The lowest BCUT2D eigenvalue weighted by atomic mass is 10.2. The van der Waals surface area contributed by atoms with Gasteiger partial charge in [-0.15, -0.1) is 0 Å². The largest absolute Gasteiger partial charge is 0.334 e. The van der Waals surface area contributed by atoms with Gasteiger partial charge in [0.2, 0.25) is 0 Å². The third kappa shape index (κ3) is 4.35. The Hall–Kier alpha value is -1.33. The molecular weight excluding hydrogens is 384 g/mol. The summed E-state index contributed by atoms with van der Waals surface area (Å²) >= 11 is 6.81. The molecule has 2 aromatic rings. The summed E-state index contributed by atoms with van der Waals surface area (Å²) in [6, 6.07) is 13.4. The van der Waals surface area contributed by atoms with Crippen molar-refractivity contribution in [3.8, 4) is 0 Å². The van der Waals surface area contributed by atoms with Crippen LogP contribution in [0.15, 0.2) is 51.4 Å². The van der Waals surface area contributed by atoms with E-state index in [9.17, 15) is 4.79 Å². The lowest BCUT2D eigenvalue weighted by Gasteiger charge is -2.10. The van der Waals surface area contributed by atoms with Crippen LogP contribution in [0.4, 0.5) is 10.5 Å². The maximum atomic E-state index is 11.8. The van der Waals surface area contributed by atoms with Crippen LogP contribution in [0.1, 0.15) is 11.1 Å². The number of hydrogen-bond acceptors (Lipinski definition) is 1. The second-order valence-electron chi connectivity index (χ2n) is 4.42. The number of rotatable bonds is 3. The van der Waals surface area contributed by atoms with Gasteiger partial charge in [0, 0.05) is 15.5 Å². The van der Waals surface area contributed by atoms with Crippen molar-refractivity contribution < 1.29 is 4.79 Å². The monoisotopic (exact) mass is 396 g/mol. The Kier molecular flexibility index (Phi) is 5.20. The van der Waals surface area contributed by atoms with Gasteiger partial charge in [0.1, 0.15) is 0 Å². The van der Waals surface area contributed by atoms with Crippen molar-refractivity contribution in [2.45, 2.75) is 13.5 Å². The number of benzene rings is 2. The Balaban J connectivity index is 1.90. The molecule has 5 heteroatoms. The molecule has 0 atom stereocenters. The predicted molar refractivity (Wildman–Crippen MR) is 88.9 cm³/mol. The third-order valence-electron chi connectivity index (χ3n) is 2.74. The van der Waals surface area contributed by atoms with Crippen molar-refractivity contribution in [2.24, 2.45) is 0 Å². The molecule has 0 aliphatic rings. The number of anilines is 1. The van der Waals surface area contributed by atoms with Crippen LogP contribution < -0.4 is 10.6 Å². The average Bonchev–Trinajstić information content (AvgIpc) is 2.41. The molecule has 0 radical (unpaired) electrons. The zero-order valence-corrected chi connectivity index (χ0v) is 14.1. The molecule has 0 heterocycles. The number of nitrogens with one attached hydrogen (secondary N) is 2. The minimum atomic E-state index is -0.225. The summed E-state index contributed by atoms with van der Waals surface area (Å²) in [6.45, 7) is 2.49. The SMILES string of the molecule is Cc1ccc(NC(=O)NCc2ccc(Br)cc2)c(Br)c1. The van der Waals surface area contributed by atoms with Crippen molar-refractivity contribution in [3.63, 3.8) is 0 Å². The number of halogens is 2. The quantitative estimate of drug-likeness (QED) is 0.764. The molecule has 3 nitrogen and oxygen atoms in total. The molecule has 0 aliphatic carbocycles. The second-order valence-corrected chi connectivity index (χ2v) is 6.19. The van der Waals surface area contributed by atoms with E-state index in [0.29, 0.717) is 6.54 Å². The standard InChI is InChI=1S/C15H14Br2N2O/c1-10-2-7-14(13(17)8-10)19-15(20)18-9-11-3-5-12(16)6-4-11/h2-8H,9H2,1H3,(H2,18,19,20). The first-order valence-corrected chi connectivity index (χ1v) is 7.68. The first-order valence-electron chi connectivity index (χ1n) is 6.10. The molecule has 0 spiro atoms. The Morgan fingerprint density at radius 2 is 1.80 bits per heavy atom. The van der Waals surface area contributed by atoms with Gasteiger partial charge < -0.3 is 10.6 Å². The van der Waals surface area contributed by atoms with Crippen LogP contribution >= 0.6 is 31.9 Å². The number of carbonyl (C=O) groups excluding carboxylic acids is 1. The predicted octanol–water partition coefficient (Wildman–Crippen LogP) is 4.84. The fourth-order valence-corrected chi connectivity index (χ4v) is 2.53. The van der Waals surface area contributed by atoms with Crippen molar-refractivity contribution >= 4 is 43.6 Å². The fourth-order valence-electron chi connectivity index (χ4n) is 1.67. The molecule has 0 fully saturated rings. The van der Waals surface area contributed by atoms with Crippen LogP contribution in [-0.2, 0) is 6.54 Å².